The Morgan fingerprint density at radius 2 is 1.09 bits per heavy atom. The van der Waals surface area contributed by atoms with Crippen molar-refractivity contribution in [2.75, 3.05) is 29.3 Å². The summed E-state index contributed by atoms with van der Waals surface area (Å²) < 4.78 is 77.2. The topological polar surface area (TPSA) is 283 Å². The molecule has 0 saturated heterocycles. The van der Waals surface area contributed by atoms with Crippen LogP contribution in [0.2, 0.25) is 5.15 Å². The fourth-order valence-corrected chi connectivity index (χ4v) is 8.46. The molecule has 328 valence electrons. The highest BCUT2D eigenvalue weighted by Gasteiger charge is 2.21. The van der Waals surface area contributed by atoms with Gasteiger partial charge in [-0.2, -0.15) is 10.5 Å². The number of benzene rings is 4. The van der Waals surface area contributed by atoms with Crippen LogP contribution in [-0.2, 0) is 32.8 Å². The highest BCUT2D eigenvalue weighted by molar-refractivity contribution is 7.91. The Hall–Kier alpha value is -7.75. The lowest BCUT2D eigenvalue weighted by atomic mass is 10.0. The Morgan fingerprint density at radius 1 is 0.631 bits per heavy atom. The predicted molar refractivity (Wildman–Crippen MR) is 243 cm³/mol. The molecule has 8 rings (SSSR count). The Labute approximate surface area is 376 Å². The molecule has 4 aromatic heterocycles. The first-order valence-corrected chi connectivity index (χ1v) is 23.0. The zero-order valence-corrected chi connectivity index (χ0v) is 36.6. The molecular weight excluding hydrogens is 898 g/mol. The number of hydrogen-bond donors (Lipinski definition) is 4. The average molecular weight is 933 g/mol. The van der Waals surface area contributed by atoms with E-state index in [1.807, 2.05) is 6.07 Å². The van der Waals surface area contributed by atoms with E-state index in [9.17, 15) is 30.9 Å². The van der Waals surface area contributed by atoms with Gasteiger partial charge >= 0.3 is 0 Å². The fourth-order valence-electron chi connectivity index (χ4n) is 6.47. The number of nitrogens with one attached hydrogen (secondary N) is 1. The molecule has 0 aliphatic carbocycles. The quantitative estimate of drug-likeness (QED) is 0.114. The van der Waals surface area contributed by atoms with E-state index in [0.29, 0.717) is 44.4 Å². The second kappa shape index (κ2) is 19.7. The molecule has 16 nitrogen and oxygen atoms in total. The van der Waals surface area contributed by atoms with Gasteiger partial charge in [0.15, 0.2) is 24.8 Å². The molecule has 0 aliphatic heterocycles. The molecule has 21 heteroatoms. The number of nitriles is 2. The van der Waals surface area contributed by atoms with Crippen molar-refractivity contribution in [2.24, 2.45) is 5.73 Å². The summed E-state index contributed by atoms with van der Waals surface area (Å²) in [5.41, 5.74) is 20.2. The third-order valence-electron chi connectivity index (χ3n) is 9.45. The van der Waals surface area contributed by atoms with Gasteiger partial charge in [0.05, 0.1) is 27.7 Å². The van der Waals surface area contributed by atoms with Crippen molar-refractivity contribution >= 4 is 70.5 Å². The van der Waals surface area contributed by atoms with Crippen LogP contribution in [0.3, 0.4) is 0 Å². The van der Waals surface area contributed by atoms with E-state index in [2.05, 4.69) is 35.2 Å². The molecule has 0 saturated carbocycles. The highest BCUT2D eigenvalue weighted by Crippen LogP contribution is 2.34. The molecule has 0 aliphatic rings. The Bertz CT molecular complexity index is 3420. The van der Waals surface area contributed by atoms with Crippen LogP contribution in [0.25, 0.3) is 44.1 Å². The van der Waals surface area contributed by atoms with Crippen LogP contribution in [-0.4, -0.2) is 59.3 Å². The van der Waals surface area contributed by atoms with Crippen LogP contribution in [0.1, 0.15) is 22.5 Å². The smallest absolute Gasteiger partial charge is 0.176 e. The summed E-state index contributed by atoms with van der Waals surface area (Å²) in [7, 11) is -6.96. The van der Waals surface area contributed by atoms with Crippen LogP contribution in [0.15, 0.2) is 120 Å². The first-order valence-electron chi connectivity index (χ1n) is 18.8. The van der Waals surface area contributed by atoms with Gasteiger partial charge in [-0.25, -0.2) is 55.5 Å². The van der Waals surface area contributed by atoms with E-state index in [-0.39, 0.29) is 67.6 Å². The van der Waals surface area contributed by atoms with Crippen LogP contribution in [0.4, 0.5) is 26.2 Å². The molecule has 0 amide bonds. The summed E-state index contributed by atoms with van der Waals surface area (Å²) in [5, 5.41) is 22.0. The molecule has 8 aromatic rings. The van der Waals surface area contributed by atoms with Crippen LogP contribution < -0.4 is 22.5 Å². The maximum atomic E-state index is 14.4. The minimum atomic E-state index is -3.55. The van der Waals surface area contributed by atoms with Gasteiger partial charge in [-0.05, 0) is 36.4 Å². The summed E-state index contributed by atoms with van der Waals surface area (Å²) >= 11 is 5.48. The molecule has 65 heavy (non-hydrogen) atoms. The lowest BCUT2D eigenvalue weighted by Crippen LogP contribution is -2.10. The van der Waals surface area contributed by atoms with E-state index >= 15 is 0 Å². The standard InChI is InChI=1S/C22H17FN6O2S.C17H15FN2O2S.C5H3ClN4/c1-32(30,31)19-8-3-2-6-14(19)15-9-13-5-4-7-17(23)20(13)29-18(15)11-26-22-16(10-24)21(25)27-12-28-22;1-23(21,22)16-8-3-2-6-12(16)13-9-11-5-4-7-14(18)17(11)20-15(13)10-19;6-4-3(1-7)5(8)10-2-9-4/h2-9,12H,11H2,1H3,(H3,25,26,27,28);2-9H,10,19H2,1H3;2H,(H2,8,9,10). The number of fused-ring (bicyclic) bond motifs is 2. The van der Waals surface area contributed by atoms with Crippen molar-refractivity contribution in [1.82, 2.24) is 29.9 Å². The van der Waals surface area contributed by atoms with E-state index < -0.39 is 31.3 Å². The number of anilines is 3. The number of sulfone groups is 2. The maximum Gasteiger partial charge on any atom is 0.176 e. The Kier molecular flexibility index (Phi) is 14.2. The SMILES string of the molecule is CS(=O)(=O)c1ccccc1-c1cc2cccc(F)c2nc1CN.CS(=O)(=O)c1ccccc1-c1cc2cccc(F)c2nc1CNc1ncnc(N)c1C#N.N#Cc1c(N)ncnc1Cl. The summed E-state index contributed by atoms with van der Waals surface area (Å²) in [6.07, 6.45) is 4.70. The lowest BCUT2D eigenvalue weighted by Gasteiger charge is -2.15. The van der Waals surface area contributed by atoms with Crippen molar-refractivity contribution in [2.45, 2.75) is 22.9 Å². The second-order valence-electron chi connectivity index (χ2n) is 13.8. The first kappa shape index (κ1) is 46.7. The summed E-state index contributed by atoms with van der Waals surface area (Å²) in [6.45, 7) is 0.112. The van der Waals surface area contributed by atoms with E-state index in [1.165, 1.54) is 30.9 Å². The van der Waals surface area contributed by atoms with Gasteiger partial charge in [-0.1, -0.05) is 72.3 Å². The molecule has 0 fully saturated rings. The number of nitrogens with two attached hydrogens (primary N) is 3. The first-order chi connectivity index (χ1) is 31.0. The molecule has 4 heterocycles. The molecule has 0 unspecified atom stereocenters. The minimum Gasteiger partial charge on any atom is -0.382 e. The van der Waals surface area contributed by atoms with Gasteiger partial charge in [0.25, 0.3) is 0 Å². The normalized spacial score (nSPS) is 11.1. The number of nitrogens with zero attached hydrogens (tertiary/aromatic N) is 8. The highest BCUT2D eigenvalue weighted by atomic mass is 35.5. The molecule has 0 atom stereocenters. The van der Waals surface area contributed by atoms with Crippen molar-refractivity contribution < 1.29 is 25.6 Å². The number of nitrogen functional groups attached to an aromatic ring is 2. The van der Waals surface area contributed by atoms with Crippen molar-refractivity contribution in [1.29, 1.82) is 10.5 Å². The predicted octanol–water partition coefficient (Wildman–Crippen LogP) is 6.79. The van der Waals surface area contributed by atoms with Crippen molar-refractivity contribution in [3.8, 4) is 34.4 Å². The van der Waals surface area contributed by atoms with Crippen LogP contribution in [0.5, 0.6) is 0 Å². The minimum absolute atomic E-state index is 0.0187. The van der Waals surface area contributed by atoms with Gasteiger partial charge in [-0.15, -0.1) is 0 Å². The van der Waals surface area contributed by atoms with Crippen molar-refractivity contribution in [3.63, 3.8) is 0 Å². The van der Waals surface area contributed by atoms with Gasteiger partial charge in [0.2, 0.25) is 0 Å². The average Bonchev–Trinajstić information content (AvgIpc) is 3.28. The number of para-hydroxylation sites is 2. The third kappa shape index (κ3) is 10.6. The zero-order valence-electron chi connectivity index (χ0n) is 34.2. The van der Waals surface area contributed by atoms with E-state index in [0.717, 1.165) is 12.5 Å². The van der Waals surface area contributed by atoms with Gasteiger partial charge in [-0.3, -0.25) is 0 Å². The van der Waals surface area contributed by atoms with Gasteiger partial charge in [0, 0.05) is 52.1 Å². The maximum absolute atomic E-state index is 14.4. The van der Waals surface area contributed by atoms with Crippen LogP contribution >= 0.6 is 11.6 Å². The molecule has 0 spiro atoms. The monoisotopic (exact) mass is 932 g/mol. The summed E-state index contributed by atoms with van der Waals surface area (Å²) in [5.74, 6) is -0.610. The number of aromatic nitrogens is 6. The molecule has 0 radical (unpaired) electrons. The van der Waals surface area contributed by atoms with E-state index in [1.54, 1.807) is 84.9 Å². The summed E-state index contributed by atoms with van der Waals surface area (Å²) in [6, 6.07) is 29.6. The number of halogens is 3. The zero-order chi connectivity index (χ0) is 47.1. The van der Waals surface area contributed by atoms with Crippen molar-refractivity contribution in [3.05, 3.63) is 149 Å². The Balaban J connectivity index is 0.000000184. The number of rotatable bonds is 8. The molecular formula is C44H35ClF2N12O4S2. The van der Waals surface area contributed by atoms with Crippen LogP contribution in [0, 0.1) is 34.3 Å². The number of pyridine rings is 2. The second-order valence-corrected chi connectivity index (χ2v) is 18.1. The molecule has 7 N–H and O–H groups in total. The van der Waals surface area contributed by atoms with Gasteiger partial charge in [0.1, 0.15) is 76.0 Å². The molecule has 4 aromatic carbocycles. The lowest BCUT2D eigenvalue weighted by molar-refractivity contribution is 0.600. The van der Waals surface area contributed by atoms with E-state index in [4.69, 9.17) is 34.1 Å². The Morgan fingerprint density at radius 3 is 1.55 bits per heavy atom. The molecule has 0 bridgehead atoms. The summed E-state index contributed by atoms with van der Waals surface area (Å²) in [4.78, 5) is 24.1. The third-order valence-corrected chi connectivity index (χ3v) is 12.0. The fraction of sp³-hybridized carbons (Fsp3) is 0.0909. The number of hydrogen-bond acceptors (Lipinski definition) is 16. The largest absolute Gasteiger partial charge is 0.382 e. The van der Waals surface area contributed by atoms with Gasteiger partial charge < -0.3 is 22.5 Å².